The van der Waals surface area contributed by atoms with Crippen LogP contribution in [0.4, 0.5) is 0 Å². The van der Waals surface area contributed by atoms with Gasteiger partial charge in [0.25, 0.3) is 0 Å². The minimum Gasteiger partial charge on any atom is -0.316 e. The third-order valence-electron chi connectivity index (χ3n) is 5.02. The summed E-state index contributed by atoms with van der Waals surface area (Å²) in [5.74, 6) is 1.55. The van der Waals surface area contributed by atoms with Gasteiger partial charge in [-0.25, -0.2) is 0 Å². The molecule has 3 rings (SSSR count). The van der Waals surface area contributed by atoms with Crippen molar-refractivity contribution < 1.29 is 0 Å². The Morgan fingerprint density at radius 3 is 3.00 bits per heavy atom. The summed E-state index contributed by atoms with van der Waals surface area (Å²) in [5.41, 5.74) is 1.37. The second-order valence-corrected chi connectivity index (χ2v) is 6.57. The highest BCUT2D eigenvalue weighted by molar-refractivity contribution is 5.17. The van der Waals surface area contributed by atoms with Gasteiger partial charge in [0, 0.05) is 18.4 Å². The van der Waals surface area contributed by atoms with E-state index in [2.05, 4.69) is 46.5 Å². The van der Waals surface area contributed by atoms with Crippen LogP contribution in [0.25, 0.3) is 0 Å². The van der Waals surface area contributed by atoms with Gasteiger partial charge in [-0.3, -0.25) is 9.88 Å². The number of likely N-dealkylation sites (tertiary alicyclic amines) is 1. The van der Waals surface area contributed by atoms with Crippen LogP contribution in [0.3, 0.4) is 0 Å². The standard InChI is InChI=1S/C18H27N3/c1-21-11-9-17(18(21)16-8-5-10-19-13-16)14-20-12-15-6-3-2-4-7-15/h2-3,5,8,10,13,15,17-18,20H,4,6-7,9,11-12,14H2,1H3/t15?,17-,18-/m0/s1. The van der Waals surface area contributed by atoms with Crippen molar-refractivity contribution in [2.75, 3.05) is 26.7 Å². The molecule has 3 heteroatoms. The van der Waals surface area contributed by atoms with Crippen molar-refractivity contribution in [3.8, 4) is 0 Å². The Balaban J connectivity index is 1.53. The lowest BCUT2D eigenvalue weighted by Gasteiger charge is -2.26. The Kier molecular flexibility index (Phi) is 5.04. The fraction of sp³-hybridized carbons (Fsp3) is 0.611. The van der Waals surface area contributed by atoms with Crippen molar-refractivity contribution in [1.29, 1.82) is 0 Å². The maximum Gasteiger partial charge on any atom is 0.0401 e. The maximum absolute atomic E-state index is 4.30. The summed E-state index contributed by atoms with van der Waals surface area (Å²) in [6, 6.07) is 4.80. The van der Waals surface area contributed by atoms with E-state index in [9.17, 15) is 0 Å². The first-order valence-electron chi connectivity index (χ1n) is 8.30. The van der Waals surface area contributed by atoms with Gasteiger partial charge >= 0.3 is 0 Å². The number of hydrogen-bond acceptors (Lipinski definition) is 3. The van der Waals surface area contributed by atoms with E-state index in [4.69, 9.17) is 0 Å². The lowest BCUT2D eigenvalue weighted by atomic mass is 9.92. The predicted octanol–water partition coefficient (Wildman–Crippen LogP) is 3.02. The van der Waals surface area contributed by atoms with Crippen molar-refractivity contribution in [2.24, 2.45) is 11.8 Å². The number of allylic oxidation sites excluding steroid dienone is 2. The molecular formula is C18H27N3. The van der Waals surface area contributed by atoms with Crippen LogP contribution in [-0.2, 0) is 0 Å². The fourth-order valence-electron chi connectivity index (χ4n) is 3.83. The Morgan fingerprint density at radius 2 is 2.24 bits per heavy atom. The predicted molar refractivity (Wildman–Crippen MR) is 87.1 cm³/mol. The van der Waals surface area contributed by atoms with Crippen LogP contribution in [0.15, 0.2) is 36.7 Å². The quantitative estimate of drug-likeness (QED) is 0.843. The summed E-state index contributed by atoms with van der Waals surface area (Å²) in [6.45, 7) is 3.49. The topological polar surface area (TPSA) is 28.2 Å². The molecule has 1 aliphatic carbocycles. The minimum atomic E-state index is 0.525. The highest BCUT2D eigenvalue weighted by Crippen LogP contribution is 2.35. The molecule has 1 fully saturated rings. The van der Waals surface area contributed by atoms with Crippen LogP contribution < -0.4 is 5.32 Å². The monoisotopic (exact) mass is 285 g/mol. The van der Waals surface area contributed by atoms with E-state index in [1.807, 2.05) is 12.4 Å². The largest absolute Gasteiger partial charge is 0.316 e. The van der Waals surface area contributed by atoms with Crippen molar-refractivity contribution in [1.82, 2.24) is 15.2 Å². The van der Waals surface area contributed by atoms with E-state index in [1.165, 1.54) is 44.3 Å². The van der Waals surface area contributed by atoms with Gasteiger partial charge in [0.2, 0.25) is 0 Å². The van der Waals surface area contributed by atoms with E-state index < -0.39 is 0 Å². The Hall–Kier alpha value is -1.19. The molecule has 0 spiro atoms. The molecule has 1 unspecified atom stereocenters. The molecule has 1 aliphatic heterocycles. The van der Waals surface area contributed by atoms with Crippen molar-refractivity contribution in [3.63, 3.8) is 0 Å². The molecule has 0 aromatic carbocycles. The van der Waals surface area contributed by atoms with Gasteiger partial charge in [-0.15, -0.1) is 0 Å². The highest BCUT2D eigenvalue weighted by atomic mass is 15.2. The van der Waals surface area contributed by atoms with Crippen LogP contribution in [0.2, 0.25) is 0 Å². The zero-order valence-corrected chi connectivity index (χ0v) is 13.0. The molecule has 1 aromatic heterocycles. The summed E-state index contributed by atoms with van der Waals surface area (Å²) >= 11 is 0. The zero-order chi connectivity index (χ0) is 14.5. The van der Waals surface area contributed by atoms with Gasteiger partial charge in [0.1, 0.15) is 0 Å². The average molecular weight is 285 g/mol. The first-order chi connectivity index (χ1) is 10.3. The van der Waals surface area contributed by atoms with Gasteiger partial charge in [-0.1, -0.05) is 18.2 Å². The molecule has 0 saturated carbocycles. The SMILES string of the molecule is CN1CC[C@@H](CNCC2CC=CCC2)[C@@H]1c1cccnc1. The molecule has 0 amide bonds. The third-order valence-corrected chi connectivity index (χ3v) is 5.02. The van der Waals surface area contributed by atoms with Gasteiger partial charge in [0.15, 0.2) is 0 Å². The van der Waals surface area contributed by atoms with E-state index in [0.717, 1.165) is 12.5 Å². The van der Waals surface area contributed by atoms with Gasteiger partial charge in [-0.05, 0) is 75.8 Å². The number of hydrogen-bond donors (Lipinski definition) is 1. The van der Waals surface area contributed by atoms with Crippen molar-refractivity contribution in [3.05, 3.63) is 42.2 Å². The smallest absolute Gasteiger partial charge is 0.0401 e. The second-order valence-electron chi connectivity index (χ2n) is 6.57. The maximum atomic E-state index is 4.30. The van der Waals surface area contributed by atoms with Crippen LogP contribution in [0.1, 0.15) is 37.3 Å². The van der Waals surface area contributed by atoms with Crippen molar-refractivity contribution >= 4 is 0 Å². The zero-order valence-electron chi connectivity index (χ0n) is 13.0. The Morgan fingerprint density at radius 1 is 1.29 bits per heavy atom. The normalized spacial score (nSPS) is 29.9. The molecule has 21 heavy (non-hydrogen) atoms. The molecule has 3 nitrogen and oxygen atoms in total. The number of nitrogens with zero attached hydrogens (tertiary/aromatic N) is 2. The first-order valence-corrected chi connectivity index (χ1v) is 8.30. The van der Waals surface area contributed by atoms with Gasteiger partial charge in [0.05, 0.1) is 0 Å². The third kappa shape index (κ3) is 3.72. The summed E-state index contributed by atoms with van der Waals surface area (Å²) < 4.78 is 0. The van der Waals surface area contributed by atoms with E-state index in [1.54, 1.807) is 0 Å². The number of nitrogens with one attached hydrogen (secondary N) is 1. The molecule has 114 valence electrons. The van der Waals surface area contributed by atoms with Crippen molar-refractivity contribution in [2.45, 2.75) is 31.7 Å². The van der Waals surface area contributed by atoms with E-state index in [-0.39, 0.29) is 0 Å². The lowest BCUT2D eigenvalue weighted by molar-refractivity contribution is 0.268. The molecule has 2 heterocycles. The molecular weight excluding hydrogens is 258 g/mol. The summed E-state index contributed by atoms with van der Waals surface area (Å²) in [7, 11) is 2.24. The van der Waals surface area contributed by atoms with Gasteiger partial charge < -0.3 is 5.32 Å². The molecule has 1 aromatic rings. The first kappa shape index (κ1) is 14.7. The molecule has 0 radical (unpaired) electrons. The van der Waals surface area contributed by atoms with Crippen LogP contribution >= 0.6 is 0 Å². The van der Waals surface area contributed by atoms with Gasteiger partial charge in [-0.2, -0.15) is 0 Å². The number of aromatic nitrogens is 1. The highest BCUT2D eigenvalue weighted by Gasteiger charge is 2.32. The summed E-state index contributed by atoms with van der Waals surface area (Å²) in [4.78, 5) is 6.78. The molecule has 3 atom stereocenters. The van der Waals surface area contributed by atoms with E-state index >= 15 is 0 Å². The lowest BCUT2D eigenvalue weighted by Crippen LogP contribution is -2.31. The number of rotatable bonds is 5. The average Bonchev–Trinajstić information content (AvgIpc) is 2.90. The van der Waals surface area contributed by atoms with Crippen LogP contribution in [-0.4, -0.2) is 36.6 Å². The fourth-order valence-corrected chi connectivity index (χ4v) is 3.83. The Bertz CT molecular complexity index is 457. The van der Waals surface area contributed by atoms with Crippen LogP contribution in [0.5, 0.6) is 0 Å². The molecule has 1 saturated heterocycles. The number of pyridine rings is 1. The minimum absolute atomic E-state index is 0.525. The molecule has 1 N–H and O–H groups in total. The summed E-state index contributed by atoms with van der Waals surface area (Å²) in [6.07, 6.45) is 13.7. The van der Waals surface area contributed by atoms with E-state index in [0.29, 0.717) is 12.0 Å². The molecule has 0 bridgehead atoms. The second kappa shape index (κ2) is 7.19. The Labute approximate surface area is 128 Å². The summed E-state index contributed by atoms with van der Waals surface area (Å²) in [5, 5.41) is 3.74. The van der Waals surface area contributed by atoms with Crippen LogP contribution in [0, 0.1) is 11.8 Å². The molecule has 2 aliphatic rings.